The number of rotatable bonds is 8. The summed E-state index contributed by atoms with van der Waals surface area (Å²) in [5.74, 6) is 1.25. The molecule has 0 unspecified atom stereocenters. The van der Waals surface area contributed by atoms with E-state index >= 15 is 0 Å². The largest absolute Gasteiger partial charge is 2.00 e. The zero-order chi connectivity index (χ0) is 29.3. The van der Waals surface area contributed by atoms with Crippen LogP contribution in [0.2, 0.25) is 0 Å². The van der Waals surface area contributed by atoms with Crippen molar-refractivity contribution >= 4 is 35.7 Å². The van der Waals surface area contributed by atoms with Crippen LogP contribution in [0.15, 0.2) is 126 Å². The predicted octanol–water partition coefficient (Wildman–Crippen LogP) is 7.81. The quantitative estimate of drug-likeness (QED) is 0.127. The van der Waals surface area contributed by atoms with Gasteiger partial charge in [0.05, 0.1) is 11.5 Å². The van der Waals surface area contributed by atoms with Crippen molar-refractivity contribution in [3.63, 3.8) is 0 Å². The molecule has 0 spiro atoms. The van der Waals surface area contributed by atoms with Gasteiger partial charge in [0, 0.05) is 29.5 Å². The third-order valence-electron chi connectivity index (χ3n) is 7.11. The molecule has 5 aromatic rings. The van der Waals surface area contributed by atoms with Crippen LogP contribution in [0.5, 0.6) is 0 Å². The Morgan fingerprint density at radius 3 is 1.66 bits per heavy atom. The molecule has 0 amide bonds. The van der Waals surface area contributed by atoms with Gasteiger partial charge >= 0.3 is 17.1 Å². The van der Waals surface area contributed by atoms with Gasteiger partial charge in [0.1, 0.15) is 5.69 Å². The molecule has 44 heavy (non-hydrogen) atoms. The van der Waals surface area contributed by atoms with Gasteiger partial charge in [-0.1, -0.05) is 114 Å². The number of benzene rings is 4. The average Bonchev–Trinajstić information content (AvgIpc) is 3.87. The molecular weight excluding hydrogens is 617 g/mol. The Morgan fingerprint density at radius 2 is 1.11 bits per heavy atom. The van der Waals surface area contributed by atoms with Crippen LogP contribution >= 0.6 is 19.7 Å². The molecule has 0 N–H and O–H groups in total. The van der Waals surface area contributed by atoms with Crippen LogP contribution in [-0.4, -0.2) is 15.0 Å². The van der Waals surface area contributed by atoms with E-state index in [1.54, 1.807) is 11.8 Å². The van der Waals surface area contributed by atoms with Crippen molar-refractivity contribution < 1.29 is 17.1 Å². The smallest absolute Gasteiger partial charge is 0.240 e. The van der Waals surface area contributed by atoms with Crippen molar-refractivity contribution in [3.8, 4) is 11.3 Å². The van der Waals surface area contributed by atoms with Gasteiger partial charge in [0.25, 0.3) is 0 Å². The molecule has 1 atom stereocenters. The molecule has 1 heterocycles. The fourth-order valence-corrected chi connectivity index (χ4v) is 8.59. The minimum atomic E-state index is -0.909. The molecule has 1 aromatic heterocycles. The first-order valence-corrected chi connectivity index (χ1v) is 16.5. The fourth-order valence-electron chi connectivity index (χ4n) is 5.01. The van der Waals surface area contributed by atoms with E-state index in [1.807, 2.05) is 38.2 Å². The Balaban J connectivity index is 0.000000584. The van der Waals surface area contributed by atoms with Crippen molar-refractivity contribution in [1.82, 2.24) is 15.0 Å². The normalized spacial score (nSPS) is 15.9. The predicted molar refractivity (Wildman–Crippen MR) is 182 cm³/mol. The Morgan fingerprint density at radius 1 is 0.614 bits per heavy atom. The van der Waals surface area contributed by atoms with E-state index in [9.17, 15) is 0 Å². The van der Waals surface area contributed by atoms with Crippen LogP contribution in [0.1, 0.15) is 13.0 Å². The molecule has 2 saturated carbocycles. The third kappa shape index (κ3) is 7.93. The van der Waals surface area contributed by atoms with Crippen molar-refractivity contribution in [2.45, 2.75) is 17.9 Å². The van der Waals surface area contributed by atoms with Crippen LogP contribution in [-0.2, 0) is 17.1 Å². The fraction of sp³-hybridized carbons (Fsp3) is 0.0526. The zero-order valence-corrected chi connectivity index (χ0v) is 27.1. The van der Waals surface area contributed by atoms with Gasteiger partial charge < -0.3 is 0 Å². The van der Waals surface area contributed by atoms with E-state index in [-0.39, 0.29) is 23.1 Å². The van der Waals surface area contributed by atoms with E-state index in [4.69, 9.17) is 10.3 Å². The third-order valence-corrected chi connectivity index (χ3v) is 10.7. The average molecular weight is 650 g/mol. The first kappa shape index (κ1) is 32.7. The van der Waals surface area contributed by atoms with Crippen LogP contribution in [0, 0.1) is 62.5 Å². The number of thioether (sulfide) groups is 1. The Labute approximate surface area is 279 Å². The summed E-state index contributed by atoms with van der Waals surface area (Å²) in [7, 11) is -0.909. The molecule has 7 rings (SSSR count). The molecular formula is C38H32FeN3PS+2. The second-order valence-electron chi connectivity index (χ2n) is 9.98. The summed E-state index contributed by atoms with van der Waals surface area (Å²) in [6, 6.07) is 42.6. The van der Waals surface area contributed by atoms with Crippen molar-refractivity contribution in [2.24, 2.45) is 0 Å². The minimum absolute atomic E-state index is 0. The van der Waals surface area contributed by atoms with E-state index < -0.39 is 7.92 Å². The van der Waals surface area contributed by atoms with E-state index in [0.29, 0.717) is 0 Å². The second kappa shape index (κ2) is 16.6. The van der Waals surface area contributed by atoms with Gasteiger partial charge in [-0.05, 0) is 81.0 Å². The zero-order valence-electron chi connectivity index (χ0n) is 24.3. The SMILES string of the molecule is C[C@@H]([C]1[CH][CH][CH][C]1Sc1ccccc1)n1nnc(-c2ccccc2)c1P(c1ccccc1)c1ccccc1.[CH]1[CH][CH][CH][CH]1.[Fe+2]. The first-order chi connectivity index (χ1) is 21.3. The maximum Gasteiger partial charge on any atom is 2.00 e. The maximum atomic E-state index is 4.84. The summed E-state index contributed by atoms with van der Waals surface area (Å²) >= 11 is 1.80. The molecule has 0 bridgehead atoms. The molecule has 4 aromatic carbocycles. The topological polar surface area (TPSA) is 30.7 Å². The van der Waals surface area contributed by atoms with Gasteiger partial charge in [-0.3, -0.25) is 0 Å². The molecule has 0 saturated heterocycles. The number of aromatic nitrogens is 3. The summed E-state index contributed by atoms with van der Waals surface area (Å²) in [5, 5.41) is 13.5. The van der Waals surface area contributed by atoms with E-state index in [1.165, 1.54) is 26.7 Å². The van der Waals surface area contributed by atoms with Crippen LogP contribution in [0.25, 0.3) is 11.3 Å². The van der Waals surface area contributed by atoms with E-state index in [2.05, 4.69) is 146 Å². The molecule has 2 aliphatic rings. The maximum absolute atomic E-state index is 4.84. The summed E-state index contributed by atoms with van der Waals surface area (Å²) in [6.45, 7) is 2.24. The van der Waals surface area contributed by atoms with Crippen molar-refractivity contribution in [2.75, 3.05) is 0 Å². The number of nitrogens with zero attached hydrogens (tertiary/aromatic N) is 3. The molecule has 10 radical (unpaired) electrons. The van der Waals surface area contributed by atoms with Crippen LogP contribution in [0.3, 0.4) is 0 Å². The van der Waals surface area contributed by atoms with Gasteiger partial charge in [0.15, 0.2) is 0 Å². The molecule has 216 valence electrons. The summed E-state index contributed by atoms with van der Waals surface area (Å²) in [5.41, 5.74) is 3.19. The molecule has 6 heteroatoms. The van der Waals surface area contributed by atoms with Gasteiger partial charge in [-0.15, -0.1) is 16.9 Å². The summed E-state index contributed by atoms with van der Waals surface area (Å²) in [6.07, 6.45) is 16.6. The Bertz CT molecular complexity index is 1480. The van der Waals surface area contributed by atoms with E-state index in [0.717, 1.165) is 16.7 Å². The van der Waals surface area contributed by atoms with Crippen molar-refractivity contribution in [3.05, 3.63) is 184 Å². The number of hydrogen-bond acceptors (Lipinski definition) is 3. The monoisotopic (exact) mass is 649 g/mol. The van der Waals surface area contributed by atoms with Gasteiger partial charge in [-0.25, -0.2) is 4.68 Å². The van der Waals surface area contributed by atoms with Crippen LogP contribution in [0.4, 0.5) is 0 Å². The second-order valence-corrected chi connectivity index (χ2v) is 13.2. The Hall–Kier alpha value is -2.68. The first-order valence-electron chi connectivity index (χ1n) is 14.4. The standard InChI is InChI=1S/C33H27N3PS.C5H5.Fe/c1-25(30-23-14-24-31(30)38-29-21-12-5-13-22-29)36-33(32(34-35-36)26-15-6-2-7-16-26)37(27-17-8-3-9-18-27)28-19-10-4-11-20-28;1-2-4-5-3-1;/h2-25H,1H3;1-5H;/q;;+2/t25-;;/m0../s1. The number of hydrogen-bond donors (Lipinski definition) is 0. The van der Waals surface area contributed by atoms with Crippen LogP contribution < -0.4 is 16.0 Å². The molecule has 2 fully saturated rings. The van der Waals surface area contributed by atoms with Crippen molar-refractivity contribution in [1.29, 1.82) is 0 Å². The van der Waals surface area contributed by atoms with Gasteiger partial charge in [-0.2, -0.15) is 0 Å². The summed E-state index contributed by atoms with van der Waals surface area (Å²) in [4.78, 5) is 1.23. The van der Waals surface area contributed by atoms with Gasteiger partial charge in [0.2, 0.25) is 0 Å². The molecule has 2 aliphatic carbocycles. The summed E-state index contributed by atoms with van der Waals surface area (Å²) < 4.78 is 2.17. The molecule has 0 aliphatic heterocycles. The Kier molecular flexibility index (Phi) is 12.3. The minimum Gasteiger partial charge on any atom is -0.240 e. The molecule has 3 nitrogen and oxygen atoms in total.